The predicted molar refractivity (Wildman–Crippen MR) is 182 cm³/mol. The van der Waals surface area contributed by atoms with E-state index >= 15 is 4.79 Å². The fraction of sp³-hybridized carbons (Fsp3) is 0.211. The van der Waals surface area contributed by atoms with E-state index < -0.39 is 41.0 Å². The summed E-state index contributed by atoms with van der Waals surface area (Å²) in [5.41, 5.74) is 1.49. The number of Topliss-reactive ketones (excluding diaryl/α,β-unsaturated/α-hetero) is 1. The smallest absolute Gasteiger partial charge is 0.252 e. The number of nitrogen functional groups attached to an aromatic ring is 1. The molecule has 1 aliphatic rings. The largest absolute Gasteiger partial charge is 0.393 e. The first-order chi connectivity index (χ1) is 24.4. The summed E-state index contributed by atoms with van der Waals surface area (Å²) in [5, 5.41) is 24.5. The van der Waals surface area contributed by atoms with Gasteiger partial charge in [-0.1, -0.05) is 121 Å². The maximum Gasteiger partial charge on any atom is 0.252 e. The number of nitrogens with zero attached hydrogens (tertiary/aromatic N) is 4. The van der Waals surface area contributed by atoms with Crippen LogP contribution >= 0.6 is 0 Å². The zero-order valence-corrected chi connectivity index (χ0v) is 27.3. The summed E-state index contributed by atoms with van der Waals surface area (Å²) in [6, 6.07) is 36.1. The van der Waals surface area contributed by atoms with Crippen molar-refractivity contribution in [1.29, 1.82) is 0 Å². The Bertz CT molecular complexity index is 2010. The first-order valence-electron chi connectivity index (χ1n) is 15.9. The van der Waals surface area contributed by atoms with Gasteiger partial charge in [0.1, 0.15) is 24.3 Å². The molecular weight excluding hydrogens is 638 g/mol. The Hall–Kier alpha value is -5.34. The molecule has 3 heterocycles. The normalized spacial score (nSPS) is 23.6. The van der Waals surface area contributed by atoms with E-state index in [-0.39, 0.29) is 22.5 Å². The number of carbonyl (C=O) groups excluding carboxylic acids is 1. The number of aromatic nitrogens is 4. The molecule has 1 fully saturated rings. The number of hydrogen-bond acceptors (Lipinski definition) is 11. The molecule has 254 valence electrons. The Kier molecular flexibility index (Phi) is 8.52. The van der Waals surface area contributed by atoms with Crippen LogP contribution in [0.1, 0.15) is 27.0 Å². The van der Waals surface area contributed by atoms with Gasteiger partial charge >= 0.3 is 0 Å². The van der Waals surface area contributed by atoms with Crippen LogP contribution in [-0.4, -0.2) is 73.8 Å². The second-order valence-corrected chi connectivity index (χ2v) is 11.9. The van der Waals surface area contributed by atoms with Gasteiger partial charge in [-0.3, -0.25) is 9.36 Å². The van der Waals surface area contributed by atoms with Gasteiger partial charge in [-0.2, -0.15) is 0 Å². The highest BCUT2D eigenvalue weighted by molar-refractivity contribution is 6.04. The third kappa shape index (κ3) is 4.34. The Labute approximate surface area is 287 Å². The number of methoxy groups -OCH3 is 1. The van der Waals surface area contributed by atoms with Crippen molar-refractivity contribution in [1.82, 2.24) is 19.5 Å². The van der Waals surface area contributed by atoms with Gasteiger partial charge in [-0.15, -0.1) is 0 Å². The fourth-order valence-corrected chi connectivity index (χ4v) is 7.69. The number of hydrogen-bond donors (Lipinski definition) is 3. The van der Waals surface area contributed by atoms with E-state index in [1.165, 1.54) is 31.4 Å². The number of fused-ring (bicyclic) bond motifs is 1. The molecule has 1 saturated heterocycles. The van der Waals surface area contributed by atoms with Crippen molar-refractivity contribution in [3.8, 4) is 0 Å². The van der Waals surface area contributed by atoms with Crippen LogP contribution in [0.5, 0.6) is 0 Å². The van der Waals surface area contributed by atoms with Gasteiger partial charge in [-0.05, 0) is 16.7 Å². The molecule has 0 spiro atoms. The Morgan fingerprint density at radius 1 is 0.840 bits per heavy atom. The van der Waals surface area contributed by atoms with Crippen molar-refractivity contribution in [2.24, 2.45) is 0 Å². The van der Waals surface area contributed by atoms with Crippen LogP contribution in [0.4, 0.5) is 5.82 Å². The molecule has 4 N–H and O–H groups in total. The number of ether oxygens (including phenoxy) is 2. The molecule has 2 aromatic heterocycles. The number of carbonyl (C=O) groups is 1. The van der Waals surface area contributed by atoms with Crippen molar-refractivity contribution >= 4 is 22.8 Å². The van der Waals surface area contributed by atoms with Crippen LogP contribution in [0, 0.1) is 0 Å². The molecule has 4 aromatic carbocycles. The van der Waals surface area contributed by atoms with Gasteiger partial charge in [0, 0.05) is 12.7 Å². The van der Waals surface area contributed by atoms with Gasteiger partial charge in [-0.25, -0.2) is 24.7 Å². The lowest BCUT2D eigenvalue weighted by atomic mass is 9.52. The van der Waals surface area contributed by atoms with Crippen LogP contribution < -0.4 is 5.73 Å². The van der Waals surface area contributed by atoms with Crippen molar-refractivity contribution in [3.63, 3.8) is 0 Å². The van der Waals surface area contributed by atoms with E-state index in [2.05, 4.69) is 15.0 Å². The SMILES string of the molecule is COO[C@]1(C(c2ccccc2)(c2ccccc2)c2ccccc2)[C@@](O)(OC)[C@@H](CO)O[C@@]1(C(=O)c1ccccc1)n1cnc2c(N)ncnc21. The molecule has 50 heavy (non-hydrogen) atoms. The summed E-state index contributed by atoms with van der Waals surface area (Å²) in [5.74, 6) is -3.35. The summed E-state index contributed by atoms with van der Waals surface area (Å²) >= 11 is 0. The Balaban J connectivity index is 1.81. The van der Waals surface area contributed by atoms with Crippen LogP contribution in [-0.2, 0) is 30.4 Å². The molecule has 0 saturated carbocycles. The molecule has 0 radical (unpaired) electrons. The molecular formula is C38H35N5O7. The lowest BCUT2D eigenvalue weighted by Gasteiger charge is -2.57. The standard InChI is InChI=1S/C38H35N5O7/c1-47-37(46)30(23-44)49-36(32(45)26-15-7-3-8-16-26,43-25-42-31-33(39)40-24-41-34(31)43)38(37,50-48-2)35(27-17-9-4-10-18-27,28-19-11-5-12-20-28)29-21-13-6-14-22-29/h3-22,24-25,30,44,46H,23H2,1-2H3,(H2,39,40,41)/t30-,36-,37+,38+/m1/s1. The number of anilines is 1. The molecule has 1 aliphatic heterocycles. The monoisotopic (exact) mass is 673 g/mol. The van der Waals surface area contributed by atoms with E-state index in [0.717, 1.165) is 0 Å². The number of imidazole rings is 1. The lowest BCUT2D eigenvalue weighted by Crippen LogP contribution is -2.78. The summed E-state index contributed by atoms with van der Waals surface area (Å²) in [4.78, 5) is 41.4. The van der Waals surface area contributed by atoms with Crippen molar-refractivity contribution in [3.05, 3.63) is 156 Å². The average molecular weight is 674 g/mol. The quantitative estimate of drug-likeness (QED) is 0.0598. The number of rotatable bonds is 11. The van der Waals surface area contributed by atoms with Gasteiger partial charge in [0.25, 0.3) is 5.72 Å². The number of benzene rings is 4. The summed E-state index contributed by atoms with van der Waals surface area (Å²) < 4.78 is 14.4. The van der Waals surface area contributed by atoms with Crippen LogP contribution in [0.25, 0.3) is 11.2 Å². The number of nitrogens with two attached hydrogens (primary N) is 1. The molecule has 12 nitrogen and oxygen atoms in total. The Morgan fingerprint density at radius 2 is 1.36 bits per heavy atom. The average Bonchev–Trinajstić information content (AvgIpc) is 3.71. The van der Waals surface area contributed by atoms with E-state index in [1.54, 1.807) is 30.3 Å². The third-order valence-corrected chi connectivity index (χ3v) is 9.61. The van der Waals surface area contributed by atoms with Crippen molar-refractivity contribution < 1.29 is 34.3 Å². The minimum absolute atomic E-state index is 0.0356. The second-order valence-electron chi connectivity index (χ2n) is 11.9. The molecule has 6 aromatic rings. The van der Waals surface area contributed by atoms with Crippen molar-refractivity contribution in [2.45, 2.75) is 28.6 Å². The molecule has 12 heteroatoms. The van der Waals surface area contributed by atoms with E-state index in [1.807, 2.05) is 91.0 Å². The molecule has 0 aliphatic carbocycles. The number of ketones is 1. The maximum absolute atomic E-state index is 15.9. The topological polar surface area (TPSA) is 164 Å². The zero-order valence-electron chi connectivity index (χ0n) is 27.3. The van der Waals surface area contributed by atoms with Crippen molar-refractivity contribution in [2.75, 3.05) is 26.6 Å². The zero-order chi connectivity index (χ0) is 35.0. The molecule has 0 bridgehead atoms. The van der Waals surface area contributed by atoms with Gasteiger partial charge in [0.2, 0.25) is 17.2 Å². The van der Waals surface area contributed by atoms with E-state index in [9.17, 15) is 10.2 Å². The predicted octanol–water partition coefficient (Wildman–Crippen LogP) is 4.02. The van der Waals surface area contributed by atoms with Crippen LogP contribution in [0.3, 0.4) is 0 Å². The van der Waals surface area contributed by atoms with E-state index in [4.69, 9.17) is 25.0 Å². The lowest BCUT2D eigenvalue weighted by molar-refractivity contribution is -0.439. The Morgan fingerprint density at radius 3 is 1.84 bits per heavy atom. The maximum atomic E-state index is 15.9. The second kappa shape index (κ2) is 12.8. The highest BCUT2D eigenvalue weighted by Crippen LogP contribution is 2.66. The fourth-order valence-electron chi connectivity index (χ4n) is 7.69. The van der Waals surface area contributed by atoms with Gasteiger partial charge < -0.3 is 25.4 Å². The minimum Gasteiger partial charge on any atom is -0.393 e. The number of aliphatic hydroxyl groups excluding tert-OH is 1. The van der Waals surface area contributed by atoms with Gasteiger partial charge in [0.15, 0.2) is 11.5 Å². The molecule has 7 rings (SSSR count). The van der Waals surface area contributed by atoms with Gasteiger partial charge in [0.05, 0.1) is 19.1 Å². The molecule has 4 atom stereocenters. The van der Waals surface area contributed by atoms with Crippen LogP contribution in [0.2, 0.25) is 0 Å². The van der Waals surface area contributed by atoms with E-state index in [0.29, 0.717) is 16.7 Å². The number of aliphatic hydroxyl groups is 2. The highest BCUT2D eigenvalue weighted by atomic mass is 17.2. The summed E-state index contributed by atoms with van der Waals surface area (Å²) in [6.45, 7) is -0.818. The third-order valence-electron chi connectivity index (χ3n) is 9.61. The highest BCUT2D eigenvalue weighted by Gasteiger charge is 2.87. The first-order valence-corrected chi connectivity index (χ1v) is 15.9. The molecule has 0 amide bonds. The first kappa shape index (κ1) is 33.2. The minimum atomic E-state index is -2.68. The summed E-state index contributed by atoms with van der Waals surface area (Å²) in [7, 11) is 2.51. The van der Waals surface area contributed by atoms with Crippen LogP contribution in [0.15, 0.2) is 134 Å². The summed E-state index contributed by atoms with van der Waals surface area (Å²) in [6.07, 6.45) is 0.920. The molecule has 0 unspecified atom stereocenters.